The number of benzodiazepines with no additional fused rings is 1. The summed E-state index contributed by atoms with van der Waals surface area (Å²) < 4.78 is 0.598. The monoisotopic (exact) mass is 332 g/mol. The van der Waals surface area contributed by atoms with Crippen LogP contribution in [0.25, 0.3) is 0 Å². The highest BCUT2D eigenvalue weighted by Gasteiger charge is 2.48. The van der Waals surface area contributed by atoms with Gasteiger partial charge in [-0.15, -0.1) is 0 Å². The molecule has 1 atom stereocenters. The smallest absolute Gasteiger partial charge is 0.336 e. The number of aliphatic hydroxyl groups is 2. The van der Waals surface area contributed by atoms with Gasteiger partial charge < -0.3 is 15.3 Å². The summed E-state index contributed by atoms with van der Waals surface area (Å²) in [6.45, 7) is 0. The van der Waals surface area contributed by atoms with E-state index in [0.717, 1.165) is 0 Å². The van der Waals surface area contributed by atoms with Crippen LogP contribution in [0.1, 0.15) is 11.1 Å². The van der Waals surface area contributed by atoms with Gasteiger partial charge in [0, 0.05) is 22.9 Å². The molecule has 0 saturated carbocycles. The molecule has 0 radical (unpaired) electrons. The van der Waals surface area contributed by atoms with Crippen molar-refractivity contribution in [1.29, 1.82) is 0 Å². The van der Waals surface area contributed by atoms with Crippen molar-refractivity contribution in [3.63, 3.8) is 0 Å². The van der Waals surface area contributed by atoms with Crippen LogP contribution in [0.15, 0.2) is 59.6 Å². The van der Waals surface area contributed by atoms with Crippen LogP contribution >= 0.6 is 11.8 Å². The molecule has 0 aliphatic carbocycles. The molecule has 3 N–H and O–H groups in total. The summed E-state index contributed by atoms with van der Waals surface area (Å²) in [5.41, 5.74) is 1.73. The van der Waals surface area contributed by atoms with Gasteiger partial charge in [-0.3, -0.25) is 4.99 Å². The number of anilines is 1. The van der Waals surface area contributed by atoms with Gasteiger partial charge >= 0.3 is 5.97 Å². The van der Waals surface area contributed by atoms with Crippen LogP contribution in [0, 0.1) is 0 Å². The van der Waals surface area contributed by atoms with Crippen LogP contribution in [0.3, 0.4) is 0 Å². The minimum absolute atomic E-state index is 0.255. The number of halogens is 1. The topological polar surface area (TPSA) is 93.4 Å². The van der Waals surface area contributed by atoms with Crippen LogP contribution in [0.2, 0.25) is 0 Å². The van der Waals surface area contributed by atoms with E-state index < -0.39 is 17.9 Å². The summed E-state index contributed by atoms with van der Waals surface area (Å²) in [6.07, 6.45) is 0. The minimum atomic E-state index is -2.87. The van der Waals surface area contributed by atoms with Gasteiger partial charge in [-0.05, 0) is 6.07 Å². The van der Waals surface area contributed by atoms with E-state index in [1.54, 1.807) is 48.5 Å². The third-order valence-corrected chi connectivity index (χ3v) is 4.00. The number of hydrogen-bond acceptors (Lipinski definition) is 5. The fourth-order valence-corrected chi connectivity index (χ4v) is 2.70. The molecule has 0 saturated heterocycles. The van der Waals surface area contributed by atoms with Crippen molar-refractivity contribution in [1.82, 2.24) is 0 Å². The first-order chi connectivity index (χ1) is 10.9. The van der Waals surface area contributed by atoms with Crippen LogP contribution < -0.4 is 4.42 Å². The molecule has 2 aromatic rings. The van der Waals surface area contributed by atoms with Crippen LogP contribution in [0.4, 0.5) is 5.69 Å². The number of carboxylic acid groups (broad SMARTS) is 1. The molecule has 1 heterocycles. The van der Waals surface area contributed by atoms with E-state index in [0.29, 0.717) is 21.3 Å². The third kappa shape index (κ3) is 2.57. The molecule has 3 rings (SSSR count). The molecule has 0 spiro atoms. The van der Waals surface area contributed by atoms with E-state index in [2.05, 4.69) is 4.99 Å². The van der Waals surface area contributed by atoms with E-state index in [4.69, 9.17) is 11.8 Å². The normalized spacial score (nSPS) is 19.5. The Morgan fingerprint density at radius 3 is 2.35 bits per heavy atom. The van der Waals surface area contributed by atoms with Gasteiger partial charge in [-0.2, -0.15) is 0 Å². The number of aliphatic carboxylic acids is 1. The molecule has 7 heteroatoms. The Kier molecular flexibility index (Phi) is 3.81. The molecule has 118 valence electrons. The van der Waals surface area contributed by atoms with Gasteiger partial charge in [-0.1, -0.05) is 48.5 Å². The summed E-state index contributed by atoms with van der Waals surface area (Å²) in [5, 5.41) is 29.8. The molecular formula is C16H13ClN2O4. The first-order valence-electron chi connectivity index (χ1n) is 6.79. The van der Waals surface area contributed by atoms with Gasteiger partial charge in [0.1, 0.15) is 0 Å². The molecule has 1 aliphatic heterocycles. The number of nitrogens with zero attached hydrogens (tertiary/aromatic N) is 2. The first kappa shape index (κ1) is 15.5. The highest BCUT2D eigenvalue weighted by atomic mass is 35.5. The molecule has 0 aromatic heterocycles. The Morgan fingerprint density at radius 2 is 1.70 bits per heavy atom. The maximum absolute atomic E-state index is 11.5. The summed E-state index contributed by atoms with van der Waals surface area (Å²) in [4.78, 5) is 15.6. The molecule has 1 aliphatic rings. The van der Waals surface area contributed by atoms with Gasteiger partial charge in [0.15, 0.2) is 0 Å². The van der Waals surface area contributed by atoms with Crippen molar-refractivity contribution in [2.24, 2.45) is 4.99 Å². The Balaban J connectivity index is 2.30. The third-order valence-electron chi connectivity index (χ3n) is 3.57. The fourth-order valence-electron chi connectivity index (χ4n) is 2.46. The lowest BCUT2D eigenvalue weighted by Gasteiger charge is -2.31. The van der Waals surface area contributed by atoms with Crippen molar-refractivity contribution in [3.8, 4) is 0 Å². The highest BCUT2D eigenvalue weighted by molar-refractivity contribution is 6.29. The summed E-state index contributed by atoms with van der Waals surface area (Å²) in [6, 6.07) is 13.7. The molecule has 0 amide bonds. The van der Waals surface area contributed by atoms with Gasteiger partial charge in [0.05, 0.1) is 11.4 Å². The average Bonchev–Trinajstić information content (AvgIpc) is 2.63. The van der Waals surface area contributed by atoms with Crippen molar-refractivity contribution < 1.29 is 20.1 Å². The van der Waals surface area contributed by atoms with Gasteiger partial charge in [0.25, 0.3) is 5.91 Å². The number of rotatable bonds is 2. The van der Waals surface area contributed by atoms with Gasteiger partial charge in [0.2, 0.25) is 6.04 Å². The highest BCUT2D eigenvalue weighted by Crippen LogP contribution is 2.35. The van der Waals surface area contributed by atoms with E-state index >= 15 is 0 Å². The second-order valence-electron chi connectivity index (χ2n) is 5.07. The number of fused-ring (bicyclic) bond motifs is 1. The molecule has 0 bridgehead atoms. The summed E-state index contributed by atoms with van der Waals surface area (Å²) >= 11 is 6.03. The van der Waals surface area contributed by atoms with Crippen molar-refractivity contribution in [2.75, 3.05) is 4.42 Å². The quantitative estimate of drug-likeness (QED) is 0.573. The minimum Gasteiger partial charge on any atom is -0.479 e. The Labute approximate surface area is 137 Å². The molecule has 0 fully saturated rings. The lowest BCUT2D eigenvalue weighted by atomic mass is 10.0. The number of benzene rings is 2. The second kappa shape index (κ2) is 5.66. The number of carbonyl (C=O) groups is 1. The molecule has 23 heavy (non-hydrogen) atoms. The molecular weight excluding hydrogens is 320 g/mol. The van der Waals surface area contributed by atoms with Crippen LogP contribution in [-0.4, -0.2) is 39.0 Å². The maximum Gasteiger partial charge on any atom is 0.336 e. The SMILES string of the molecule is O=C(O)C1N=C(c2ccccc2)c2ccccc2N(Cl)C1(O)O. The summed E-state index contributed by atoms with van der Waals surface area (Å²) in [5.74, 6) is -4.37. The zero-order valence-corrected chi connectivity index (χ0v) is 12.6. The largest absolute Gasteiger partial charge is 0.479 e. The lowest BCUT2D eigenvalue weighted by Crippen LogP contribution is -2.55. The second-order valence-corrected chi connectivity index (χ2v) is 5.41. The first-order valence-corrected chi connectivity index (χ1v) is 7.13. The fraction of sp³-hybridized carbons (Fsp3) is 0.125. The number of hydrogen-bond donors (Lipinski definition) is 3. The zero-order chi connectivity index (χ0) is 16.6. The van der Waals surface area contributed by atoms with Crippen molar-refractivity contribution in [3.05, 3.63) is 65.7 Å². The average molecular weight is 333 g/mol. The van der Waals surface area contributed by atoms with E-state index in [1.807, 2.05) is 6.07 Å². The van der Waals surface area contributed by atoms with Crippen molar-refractivity contribution in [2.45, 2.75) is 12.0 Å². The predicted molar refractivity (Wildman–Crippen MR) is 85.4 cm³/mol. The standard InChI is InChI=1S/C16H13ClN2O4/c17-19-12-9-5-4-8-11(12)13(10-6-2-1-3-7-10)18-14(15(20)21)16(19,22)23/h1-9,14,22-23H,(H,20,21). The maximum atomic E-state index is 11.5. The van der Waals surface area contributed by atoms with E-state index in [-0.39, 0.29) is 5.69 Å². The predicted octanol–water partition coefficient (Wildman–Crippen LogP) is 1.59. The Morgan fingerprint density at radius 1 is 1.09 bits per heavy atom. The Hall–Kier alpha value is -2.41. The summed E-state index contributed by atoms with van der Waals surface area (Å²) in [7, 11) is 0. The van der Waals surface area contributed by atoms with E-state index in [9.17, 15) is 20.1 Å². The number of aliphatic imine (C=N–C) groups is 1. The van der Waals surface area contributed by atoms with Gasteiger partial charge in [-0.25, -0.2) is 9.21 Å². The lowest BCUT2D eigenvalue weighted by molar-refractivity contribution is -0.182. The van der Waals surface area contributed by atoms with Crippen LogP contribution in [-0.2, 0) is 4.79 Å². The Bertz CT molecular complexity index is 777. The van der Waals surface area contributed by atoms with Crippen LogP contribution in [0.5, 0.6) is 0 Å². The van der Waals surface area contributed by atoms with Crippen molar-refractivity contribution >= 4 is 29.1 Å². The number of carboxylic acids is 1. The number of para-hydroxylation sites is 1. The van der Waals surface area contributed by atoms with E-state index in [1.165, 1.54) is 0 Å². The molecule has 2 aromatic carbocycles. The molecule has 1 unspecified atom stereocenters. The zero-order valence-electron chi connectivity index (χ0n) is 11.8. The molecule has 6 nitrogen and oxygen atoms in total.